The van der Waals surface area contributed by atoms with Crippen molar-refractivity contribution in [3.63, 3.8) is 0 Å². The average molecular weight is 240 g/mol. The van der Waals surface area contributed by atoms with Crippen LogP contribution in [-0.2, 0) is 4.79 Å². The van der Waals surface area contributed by atoms with Crippen molar-refractivity contribution in [3.8, 4) is 0 Å². The van der Waals surface area contributed by atoms with Crippen molar-refractivity contribution in [3.05, 3.63) is 0 Å². The Balaban J connectivity index is 4.35. The van der Waals surface area contributed by atoms with Crippen molar-refractivity contribution >= 4 is 5.97 Å². The lowest BCUT2D eigenvalue weighted by Crippen LogP contribution is -2.50. The first-order valence-electron chi connectivity index (χ1n) is 4.54. The largest absolute Gasteiger partial charge is 0.481 e. The lowest BCUT2D eigenvalue weighted by molar-refractivity contribution is -0.153. The van der Waals surface area contributed by atoms with Crippen LogP contribution in [0, 0.1) is 0 Å². The Morgan fingerprint density at radius 1 is 0.875 bits per heavy atom. The van der Waals surface area contributed by atoms with Crippen molar-refractivity contribution in [2.24, 2.45) is 0 Å². The van der Waals surface area contributed by atoms with E-state index < -0.39 is 49.5 Å². The molecule has 0 aromatic carbocycles. The van der Waals surface area contributed by atoms with Gasteiger partial charge in [-0.25, -0.2) is 0 Å². The normalized spacial score (nSPS) is 20.9. The van der Waals surface area contributed by atoms with Crippen LogP contribution in [0.25, 0.3) is 0 Å². The number of aliphatic carboxylic acids is 1. The van der Waals surface area contributed by atoms with Crippen LogP contribution in [-0.4, -0.2) is 78.8 Å². The number of rotatable bonds is 7. The van der Waals surface area contributed by atoms with E-state index in [0.29, 0.717) is 0 Å². The van der Waals surface area contributed by atoms with Crippen molar-refractivity contribution < 1.29 is 40.5 Å². The van der Waals surface area contributed by atoms with Crippen molar-refractivity contribution in [1.29, 1.82) is 0 Å². The van der Waals surface area contributed by atoms with Gasteiger partial charge < -0.3 is 35.7 Å². The van der Waals surface area contributed by atoms with E-state index in [9.17, 15) is 15.0 Å². The molecule has 0 aliphatic heterocycles. The van der Waals surface area contributed by atoms with E-state index in [2.05, 4.69) is 0 Å². The standard InChI is InChI=1S/C8H16O8/c9-2-4(11)7(15)8(16)6(14)3(10)1-5(12)13/h3-4,6-11,14-16H,1-2H2,(H,12,13)/t3?,4-,6+,7-,8-/m1/s1. The van der Waals surface area contributed by atoms with Crippen molar-refractivity contribution in [2.45, 2.75) is 36.9 Å². The highest BCUT2D eigenvalue weighted by Crippen LogP contribution is 2.10. The smallest absolute Gasteiger partial charge is 0.306 e. The monoisotopic (exact) mass is 240 g/mol. The van der Waals surface area contributed by atoms with E-state index in [1.54, 1.807) is 0 Å². The Hall–Kier alpha value is -0.770. The van der Waals surface area contributed by atoms with Gasteiger partial charge in [-0.2, -0.15) is 0 Å². The summed E-state index contributed by atoms with van der Waals surface area (Å²) in [6, 6.07) is 0. The Morgan fingerprint density at radius 3 is 1.69 bits per heavy atom. The third-order valence-electron chi connectivity index (χ3n) is 2.06. The Kier molecular flexibility index (Phi) is 6.41. The number of carbonyl (C=O) groups is 1. The van der Waals surface area contributed by atoms with E-state index >= 15 is 0 Å². The molecule has 0 aromatic heterocycles. The molecule has 0 bridgehead atoms. The molecule has 16 heavy (non-hydrogen) atoms. The zero-order valence-corrected chi connectivity index (χ0v) is 8.34. The summed E-state index contributed by atoms with van der Waals surface area (Å²) in [5.74, 6) is -1.39. The molecule has 7 N–H and O–H groups in total. The number of aliphatic hydroxyl groups is 6. The zero-order chi connectivity index (χ0) is 12.9. The molecule has 5 atom stereocenters. The maximum atomic E-state index is 10.2. The fourth-order valence-corrected chi connectivity index (χ4v) is 1.06. The lowest BCUT2D eigenvalue weighted by Gasteiger charge is -2.27. The minimum Gasteiger partial charge on any atom is -0.481 e. The summed E-state index contributed by atoms with van der Waals surface area (Å²) in [4.78, 5) is 10.2. The molecule has 0 spiro atoms. The predicted octanol–water partition coefficient (Wildman–Crippen LogP) is -3.74. The molecular formula is C8H16O8. The third-order valence-corrected chi connectivity index (χ3v) is 2.06. The summed E-state index contributed by atoms with van der Waals surface area (Å²) in [7, 11) is 0. The van der Waals surface area contributed by atoms with Gasteiger partial charge in [0.1, 0.15) is 24.4 Å². The highest BCUT2D eigenvalue weighted by atomic mass is 16.4. The maximum absolute atomic E-state index is 10.2. The topological polar surface area (TPSA) is 159 Å². The van der Waals surface area contributed by atoms with E-state index in [4.69, 9.17) is 25.5 Å². The van der Waals surface area contributed by atoms with E-state index in [-0.39, 0.29) is 0 Å². The van der Waals surface area contributed by atoms with Crippen LogP contribution in [0.2, 0.25) is 0 Å². The van der Waals surface area contributed by atoms with E-state index in [0.717, 1.165) is 0 Å². The van der Waals surface area contributed by atoms with Crippen LogP contribution in [0.3, 0.4) is 0 Å². The highest BCUT2D eigenvalue weighted by Gasteiger charge is 2.34. The summed E-state index contributed by atoms with van der Waals surface area (Å²) in [5, 5.41) is 62.5. The number of carboxylic acids is 1. The number of aliphatic hydroxyl groups excluding tert-OH is 6. The molecule has 8 heteroatoms. The lowest BCUT2D eigenvalue weighted by atomic mass is 9.98. The quantitative estimate of drug-likeness (QED) is 0.239. The van der Waals surface area contributed by atoms with Gasteiger partial charge in [0.2, 0.25) is 0 Å². The average Bonchev–Trinajstić information content (AvgIpc) is 2.23. The van der Waals surface area contributed by atoms with Gasteiger partial charge in [-0.15, -0.1) is 0 Å². The van der Waals surface area contributed by atoms with Crippen LogP contribution in [0.15, 0.2) is 0 Å². The maximum Gasteiger partial charge on any atom is 0.306 e. The summed E-state index contributed by atoms with van der Waals surface area (Å²) in [6.07, 6.45) is -10.1. The Labute approximate surface area is 91.0 Å². The first kappa shape index (κ1) is 15.2. The van der Waals surface area contributed by atoms with Gasteiger partial charge in [0.25, 0.3) is 0 Å². The van der Waals surface area contributed by atoms with Gasteiger partial charge >= 0.3 is 5.97 Å². The molecular weight excluding hydrogens is 224 g/mol. The molecule has 8 nitrogen and oxygen atoms in total. The molecule has 0 aliphatic carbocycles. The number of hydrogen-bond donors (Lipinski definition) is 7. The van der Waals surface area contributed by atoms with Gasteiger partial charge in [0, 0.05) is 0 Å². The van der Waals surface area contributed by atoms with Gasteiger partial charge in [0.15, 0.2) is 0 Å². The van der Waals surface area contributed by atoms with E-state index in [1.165, 1.54) is 0 Å². The Bertz CT molecular complexity index is 220. The van der Waals surface area contributed by atoms with Gasteiger partial charge in [0.05, 0.1) is 19.1 Å². The third kappa shape index (κ3) is 4.39. The summed E-state index contributed by atoms with van der Waals surface area (Å²) in [6.45, 7) is -0.847. The summed E-state index contributed by atoms with van der Waals surface area (Å²) in [5.41, 5.74) is 0. The number of carboxylic acid groups (broad SMARTS) is 1. The van der Waals surface area contributed by atoms with Crippen LogP contribution < -0.4 is 0 Å². The van der Waals surface area contributed by atoms with E-state index in [1.807, 2.05) is 0 Å². The van der Waals surface area contributed by atoms with Crippen LogP contribution in [0.5, 0.6) is 0 Å². The second-order valence-electron chi connectivity index (χ2n) is 3.39. The minimum absolute atomic E-state index is 0.819. The Morgan fingerprint density at radius 2 is 1.31 bits per heavy atom. The zero-order valence-electron chi connectivity index (χ0n) is 8.34. The summed E-state index contributed by atoms with van der Waals surface area (Å²) >= 11 is 0. The molecule has 0 aromatic rings. The molecule has 0 saturated heterocycles. The fourth-order valence-electron chi connectivity index (χ4n) is 1.06. The molecule has 96 valence electrons. The second-order valence-corrected chi connectivity index (χ2v) is 3.39. The van der Waals surface area contributed by atoms with Crippen molar-refractivity contribution in [2.75, 3.05) is 6.61 Å². The van der Waals surface area contributed by atoms with Crippen LogP contribution in [0.4, 0.5) is 0 Å². The van der Waals surface area contributed by atoms with Crippen molar-refractivity contribution in [1.82, 2.24) is 0 Å². The molecule has 0 fully saturated rings. The van der Waals surface area contributed by atoms with Gasteiger partial charge in [-0.1, -0.05) is 0 Å². The molecule has 0 rings (SSSR count). The molecule has 1 unspecified atom stereocenters. The fraction of sp³-hybridized carbons (Fsp3) is 0.875. The molecule has 0 saturated carbocycles. The molecule has 0 heterocycles. The molecule has 0 amide bonds. The van der Waals surface area contributed by atoms with Gasteiger partial charge in [-0.3, -0.25) is 4.79 Å². The molecule has 0 radical (unpaired) electrons. The number of hydrogen-bond acceptors (Lipinski definition) is 7. The first-order chi connectivity index (χ1) is 7.31. The van der Waals surface area contributed by atoms with Crippen LogP contribution in [0.1, 0.15) is 6.42 Å². The van der Waals surface area contributed by atoms with Crippen LogP contribution >= 0.6 is 0 Å². The summed E-state index contributed by atoms with van der Waals surface area (Å²) < 4.78 is 0. The predicted molar refractivity (Wildman–Crippen MR) is 49.4 cm³/mol. The molecule has 0 aliphatic rings. The highest BCUT2D eigenvalue weighted by molar-refractivity contribution is 5.67. The SMILES string of the molecule is O=C(O)CC(O)[C@H](O)[C@@H](O)[C@H](O)[C@H](O)CO. The second kappa shape index (κ2) is 6.74. The first-order valence-corrected chi connectivity index (χ1v) is 4.54. The van der Waals surface area contributed by atoms with Gasteiger partial charge in [-0.05, 0) is 0 Å². The minimum atomic E-state index is -1.96.